The van der Waals surface area contributed by atoms with Crippen molar-refractivity contribution < 1.29 is 19.3 Å². The van der Waals surface area contributed by atoms with Crippen LogP contribution in [0.4, 0.5) is 11.4 Å². The van der Waals surface area contributed by atoms with E-state index in [1.165, 1.54) is 145 Å². The number of hydrogen-bond acceptors (Lipinski definition) is 6. The zero-order valence-corrected chi connectivity index (χ0v) is 33.2. The molecule has 4 aromatic rings. The van der Waals surface area contributed by atoms with Crippen LogP contribution in [-0.2, 0) is 5.41 Å². The van der Waals surface area contributed by atoms with E-state index in [0.29, 0.717) is 23.0 Å². The normalized spacial score (nSPS) is 18.3. The minimum atomic E-state index is -0.412. The van der Waals surface area contributed by atoms with Crippen molar-refractivity contribution in [1.82, 2.24) is 0 Å². The van der Waals surface area contributed by atoms with Crippen LogP contribution in [0.5, 0.6) is 23.0 Å². The van der Waals surface area contributed by atoms with Crippen LogP contribution in [0.2, 0.25) is 0 Å². The molecule has 0 aliphatic heterocycles. The summed E-state index contributed by atoms with van der Waals surface area (Å²) in [6.45, 7) is 2.29. The molecular formula is C48H60N2O6. The van der Waals surface area contributed by atoms with Gasteiger partial charge >= 0.3 is 0 Å². The van der Waals surface area contributed by atoms with Crippen molar-refractivity contribution in [3.63, 3.8) is 0 Å². The molecule has 2 aliphatic carbocycles. The third-order valence-electron chi connectivity index (χ3n) is 12.8. The summed E-state index contributed by atoms with van der Waals surface area (Å²) in [6, 6.07) is 29.0. The minimum Gasteiger partial charge on any atom is -0.457 e. The number of benzene rings is 4. The van der Waals surface area contributed by atoms with Gasteiger partial charge in [-0.1, -0.05) is 128 Å². The molecule has 8 nitrogen and oxygen atoms in total. The van der Waals surface area contributed by atoms with E-state index >= 15 is 0 Å². The number of ether oxygens (including phenoxy) is 2. The van der Waals surface area contributed by atoms with E-state index in [0.717, 1.165) is 30.6 Å². The van der Waals surface area contributed by atoms with Gasteiger partial charge in [-0.2, -0.15) is 0 Å². The van der Waals surface area contributed by atoms with Gasteiger partial charge in [-0.15, -0.1) is 0 Å². The summed E-state index contributed by atoms with van der Waals surface area (Å²) in [5.74, 6) is 5.07. The lowest BCUT2D eigenvalue weighted by atomic mass is 9.62. The Kier molecular flexibility index (Phi) is 14.9. The maximum absolute atomic E-state index is 11.1. The average molecular weight is 761 g/mol. The smallest absolute Gasteiger partial charge is 0.269 e. The van der Waals surface area contributed by atoms with E-state index < -0.39 is 9.85 Å². The minimum absolute atomic E-state index is 0.0335. The lowest BCUT2D eigenvalue weighted by molar-refractivity contribution is -0.385. The molecule has 0 saturated heterocycles. The molecular weight excluding hydrogens is 701 g/mol. The van der Waals surface area contributed by atoms with Crippen LogP contribution < -0.4 is 9.47 Å². The van der Waals surface area contributed by atoms with Gasteiger partial charge in [-0.25, -0.2) is 0 Å². The van der Waals surface area contributed by atoms with Gasteiger partial charge in [-0.05, 0) is 103 Å². The number of rotatable bonds is 20. The van der Waals surface area contributed by atoms with Crippen molar-refractivity contribution in [2.45, 2.75) is 134 Å². The summed E-state index contributed by atoms with van der Waals surface area (Å²) in [7, 11) is 0. The van der Waals surface area contributed by atoms with Gasteiger partial charge in [-0.3, -0.25) is 20.2 Å². The number of hydrogen-bond donors (Lipinski definition) is 0. The van der Waals surface area contributed by atoms with Gasteiger partial charge in [0.15, 0.2) is 0 Å². The molecule has 0 heterocycles. The van der Waals surface area contributed by atoms with Crippen molar-refractivity contribution in [2.24, 2.45) is 17.8 Å². The summed E-state index contributed by atoms with van der Waals surface area (Å²) < 4.78 is 12.1. The third-order valence-corrected chi connectivity index (χ3v) is 12.8. The van der Waals surface area contributed by atoms with Gasteiger partial charge in [0, 0.05) is 29.7 Å². The van der Waals surface area contributed by atoms with Crippen molar-refractivity contribution in [1.29, 1.82) is 0 Å². The predicted molar refractivity (Wildman–Crippen MR) is 224 cm³/mol. The lowest BCUT2D eigenvalue weighted by Gasteiger charge is -2.42. The van der Waals surface area contributed by atoms with Gasteiger partial charge in [0.1, 0.15) is 23.0 Å². The molecule has 0 amide bonds. The molecule has 0 atom stereocenters. The van der Waals surface area contributed by atoms with Crippen molar-refractivity contribution in [2.75, 3.05) is 0 Å². The fraction of sp³-hybridized carbons (Fsp3) is 0.500. The fourth-order valence-electron chi connectivity index (χ4n) is 9.28. The summed E-state index contributed by atoms with van der Waals surface area (Å²) in [5, 5.41) is 22.2. The second-order valence-electron chi connectivity index (χ2n) is 16.5. The van der Waals surface area contributed by atoms with E-state index in [-0.39, 0.29) is 16.8 Å². The third kappa shape index (κ3) is 11.4. The zero-order valence-electron chi connectivity index (χ0n) is 33.2. The molecule has 2 fully saturated rings. The molecule has 0 N–H and O–H groups in total. The van der Waals surface area contributed by atoms with Crippen LogP contribution in [0.15, 0.2) is 97.1 Å². The Bertz CT molecular complexity index is 1690. The van der Waals surface area contributed by atoms with E-state index in [4.69, 9.17) is 9.47 Å². The van der Waals surface area contributed by atoms with E-state index in [1.807, 2.05) is 24.3 Å². The summed E-state index contributed by atoms with van der Waals surface area (Å²) in [4.78, 5) is 21.3. The molecule has 0 aromatic heterocycles. The molecule has 2 saturated carbocycles. The van der Waals surface area contributed by atoms with Crippen LogP contribution in [-0.4, -0.2) is 9.85 Å². The number of nitrogens with zero attached hydrogens (tertiary/aromatic N) is 2. The second-order valence-corrected chi connectivity index (χ2v) is 16.5. The molecule has 56 heavy (non-hydrogen) atoms. The number of non-ortho nitro benzene ring substituents is 2. The topological polar surface area (TPSA) is 105 Å². The Morgan fingerprint density at radius 2 is 0.821 bits per heavy atom. The van der Waals surface area contributed by atoms with Crippen LogP contribution in [0.25, 0.3) is 0 Å². The molecule has 0 unspecified atom stereocenters. The lowest BCUT2D eigenvalue weighted by Crippen LogP contribution is -2.33. The Hall–Kier alpha value is -4.72. The first-order chi connectivity index (χ1) is 27.3. The Labute approximate surface area is 333 Å². The molecule has 2 aliphatic rings. The first-order valence-corrected chi connectivity index (χ1v) is 21.4. The number of nitro groups is 2. The Balaban J connectivity index is 1.05. The molecule has 4 aromatic carbocycles. The summed E-state index contributed by atoms with van der Waals surface area (Å²) in [5.41, 5.74) is 2.43. The SMILES string of the molecule is CCCCCCCCCCC1CCC(CCC2CCC(c3ccc(Oc4ccc([N+](=O)[O-])cc4)cc3)(c3ccc(Oc4ccc([N+](=O)[O-])cc4)cc3)CC2)CC1. The van der Waals surface area contributed by atoms with E-state index in [2.05, 4.69) is 31.2 Å². The molecule has 0 bridgehead atoms. The summed E-state index contributed by atoms with van der Waals surface area (Å²) >= 11 is 0. The quantitative estimate of drug-likeness (QED) is 0.0504. The monoisotopic (exact) mass is 760 g/mol. The maximum Gasteiger partial charge on any atom is 0.269 e. The molecule has 8 heteroatoms. The van der Waals surface area contributed by atoms with Crippen LogP contribution >= 0.6 is 0 Å². The van der Waals surface area contributed by atoms with Crippen LogP contribution in [0.1, 0.15) is 140 Å². The standard InChI is InChI=1S/C48H60N2O6/c1-2-3-4-5-6-7-8-9-10-37-11-13-38(14-12-37)15-16-39-33-35-48(36-34-39,40-17-25-44(26-18-40)55-46-29-21-42(22-30-46)49(51)52)41-19-27-45(28-20-41)56-47-31-23-43(24-32-47)50(53)54/h17-32,37-39H,2-16,33-36H2,1H3. The number of unbranched alkanes of at least 4 members (excludes halogenated alkanes) is 7. The predicted octanol–water partition coefficient (Wildman–Crippen LogP) is 14.7. The molecule has 0 spiro atoms. The molecule has 298 valence electrons. The Morgan fingerprint density at radius 1 is 0.482 bits per heavy atom. The fourth-order valence-corrected chi connectivity index (χ4v) is 9.28. The van der Waals surface area contributed by atoms with E-state index in [1.54, 1.807) is 24.3 Å². The highest BCUT2D eigenvalue weighted by Crippen LogP contribution is 2.49. The van der Waals surface area contributed by atoms with Crippen LogP contribution in [0.3, 0.4) is 0 Å². The highest BCUT2D eigenvalue weighted by molar-refractivity contribution is 5.46. The van der Waals surface area contributed by atoms with Crippen LogP contribution in [0, 0.1) is 38.0 Å². The maximum atomic E-state index is 11.1. The second kappa shape index (κ2) is 20.4. The molecule has 6 rings (SSSR count). The first kappa shape index (κ1) is 40.9. The highest BCUT2D eigenvalue weighted by atomic mass is 16.6. The van der Waals surface area contributed by atoms with Gasteiger partial charge < -0.3 is 9.47 Å². The largest absolute Gasteiger partial charge is 0.457 e. The average Bonchev–Trinajstić information content (AvgIpc) is 3.23. The highest BCUT2D eigenvalue weighted by Gasteiger charge is 2.38. The van der Waals surface area contributed by atoms with Gasteiger partial charge in [0.2, 0.25) is 0 Å². The zero-order chi connectivity index (χ0) is 39.2. The Morgan fingerprint density at radius 3 is 1.21 bits per heavy atom. The van der Waals surface area contributed by atoms with Crippen molar-refractivity contribution >= 4 is 11.4 Å². The van der Waals surface area contributed by atoms with Crippen molar-refractivity contribution in [3.05, 3.63) is 128 Å². The first-order valence-electron chi connectivity index (χ1n) is 21.4. The van der Waals surface area contributed by atoms with Gasteiger partial charge in [0.25, 0.3) is 11.4 Å². The summed E-state index contributed by atoms with van der Waals surface area (Å²) in [6.07, 6.45) is 25.6. The number of nitro benzene ring substituents is 2. The van der Waals surface area contributed by atoms with Gasteiger partial charge in [0.05, 0.1) is 9.85 Å². The molecule has 0 radical (unpaired) electrons. The van der Waals surface area contributed by atoms with E-state index in [9.17, 15) is 20.2 Å². The van der Waals surface area contributed by atoms with Crippen molar-refractivity contribution in [3.8, 4) is 23.0 Å².